The Morgan fingerprint density at radius 1 is 1.44 bits per heavy atom. The van der Waals surface area contributed by atoms with Crippen molar-refractivity contribution in [2.24, 2.45) is 0 Å². The zero-order chi connectivity index (χ0) is 13.1. The quantitative estimate of drug-likeness (QED) is 0.856. The van der Waals surface area contributed by atoms with Gasteiger partial charge < -0.3 is 4.74 Å². The number of carbonyl (C=O) groups excluding carboxylic acids is 1. The molecule has 0 spiro atoms. The van der Waals surface area contributed by atoms with Crippen LogP contribution < -0.4 is 5.32 Å². The Hall–Kier alpha value is -1.07. The van der Waals surface area contributed by atoms with Crippen LogP contribution in [0, 0.1) is 5.82 Å². The monoisotopic (exact) mass is 269 g/mol. The Morgan fingerprint density at radius 3 is 2.72 bits per heavy atom. The lowest BCUT2D eigenvalue weighted by molar-refractivity contribution is -0.149. The van der Waals surface area contributed by atoms with E-state index in [-0.39, 0.29) is 29.3 Å². The smallest absolute Gasteiger partial charge is 0.324 e. The molecule has 0 saturated carbocycles. The molecule has 0 bridgehead atoms. The Bertz CT molecular complexity index is 422. The molecule has 3 nitrogen and oxygen atoms in total. The Balaban J connectivity index is 1.96. The number of thioether (sulfide) groups is 1. The Labute approximate surface area is 110 Å². The molecule has 5 heteroatoms. The number of benzene rings is 1. The second-order valence-electron chi connectivity index (χ2n) is 4.47. The Kier molecular flexibility index (Phi) is 4.24. The molecule has 0 aliphatic carbocycles. The topological polar surface area (TPSA) is 38.3 Å². The molecule has 1 saturated heterocycles. The fraction of sp³-hybridized carbons (Fsp3) is 0.462. The lowest BCUT2D eigenvalue weighted by atomic mass is 10.2. The average Bonchev–Trinajstić information content (AvgIpc) is 2.78. The second kappa shape index (κ2) is 5.71. The van der Waals surface area contributed by atoms with E-state index in [0.717, 1.165) is 5.56 Å². The Morgan fingerprint density at radius 2 is 2.11 bits per heavy atom. The maximum Gasteiger partial charge on any atom is 0.324 e. The van der Waals surface area contributed by atoms with Crippen molar-refractivity contribution in [1.82, 2.24) is 5.32 Å². The lowest BCUT2D eigenvalue weighted by Crippen LogP contribution is -2.36. The van der Waals surface area contributed by atoms with Crippen LogP contribution in [0.4, 0.5) is 4.39 Å². The molecule has 1 aromatic carbocycles. The van der Waals surface area contributed by atoms with Crippen molar-refractivity contribution in [3.05, 3.63) is 35.6 Å². The van der Waals surface area contributed by atoms with Gasteiger partial charge in [-0.15, -0.1) is 11.8 Å². The highest BCUT2D eigenvalue weighted by Crippen LogP contribution is 2.33. The SMILES string of the molecule is CC(C)OC(=O)[C@H]1CS[C@H](c2ccc(F)cc2)N1. The summed E-state index contributed by atoms with van der Waals surface area (Å²) >= 11 is 1.63. The van der Waals surface area contributed by atoms with Crippen molar-refractivity contribution in [3.63, 3.8) is 0 Å². The molecule has 18 heavy (non-hydrogen) atoms. The standard InChI is InChI=1S/C13H16FNO2S/c1-8(2)17-13(16)11-7-18-12(15-11)9-3-5-10(14)6-4-9/h3-6,8,11-12,15H,7H2,1-2H3/t11-,12-/m1/s1. The molecule has 0 unspecified atom stereocenters. The molecular weight excluding hydrogens is 253 g/mol. The van der Waals surface area contributed by atoms with E-state index in [1.54, 1.807) is 23.9 Å². The highest BCUT2D eigenvalue weighted by atomic mass is 32.2. The van der Waals surface area contributed by atoms with Gasteiger partial charge in [0.05, 0.1) is 11.5 Å². The van der Waals surface area contributed by atoms with Crippen LogP contribution in [0.15, 0.2) is 24.3 Å². The molecule has 98 valence electrons. The number of rotatable bonds is 3. The molecule has 1 aliphatic heterocycles. The zero-order valence-corrected chi connectivity index (χ0v) is 11.2. The summed E-state index contributed by atoms with van der Waals surface area (Å²) in [4.78, 5) is 11.7. The fourth-order valence-corrected chi connectivity index (χ4v) is 2.98. The summed E-state index contributed by atoms with van der Waals surface area (Å²) in [6, 6.07) is 6.04. The summed E-state index contributed by atoms with van der Waals surface area (Å²) < 4.78 is 18.0. The highest BCUT2D eigenvalue weighted by molar-refractivity contribution is 7.99. The fourth-order valence-electron chi connectivity index (χ4n) is 1.75. The van der Waals surface area contributed by atoms with Crippen molar-refractivity contribution >= 4 is 17.7 Å². The predicted octanol–water partition coefficient (Wildman–Crippen LogP) is 2.48. The summed E-state index contributed by atoms with van der Waals surface area (Å²) in [7, 11) is 0. The van der Waals surface area contributed by atoms with Crippen LogP contribution in [0.3, 0.4) is 0 Å². The van der Waals surface area contributed by atoms with Gasteiger partial charge in [0.1, 0.15) is 11.9 Å². The zero-order valence-electron chi connectivity index (χ0n) is 10.4. The number of carbonyl (C=O) groups is 1. The third kappa shape index (κ3) is 3.23. The molecule has 1 fully saturated rings. The predicted molar refractivity (Wildman–Crippen MR) is 69.8 cm³/mol. The molecule has 1 aromatic rings. The van der Waals surface area contributed by atoms with Gasteiger partial charge in [-0.2, -0.15) is 0 Å². The van der Waals surface area contributed by atoms with Gasteiger partial charge in [0.15, 0.2) is 0 Å². The molecule has 1 aliphatic rings. The summed E-state index contributed by atoms with van der Waals surface area (Å²) in [5, 5.41) is 3.22. The first-order valence-electron chi connectivity index (χ1n) is 5.90. The molecular formula is C13H16FNO2S. The summed E-state index contributed by atoms with van der Waals surface area (Å²) in [5.74, 6) is 0.202. The molecule has 0 amide bonds. The van der Waals surface area contributed by atoms with E-state index in [0.29, 0.717) is 5.75 Å². The summed E-state index contributed by atoms with van der Waals surface area (Å²) in [6.07, 6.45) is -0.103. The molecule has 1 N–H and O–H groups in total. The van der Waals surface area contributed by atoms with Crippen LogP contribution >= 0.6 is 11.8 Å². The minimum atomic E-state index is -0.285. The van der Waals surface area contributed by atoms with Crippen molar-refractivity contribution < 1.29 is 13.9 Å². The van der Waals surface area contributed by atoms with Crippen LogP contribution in [-0.2, 0) is 9.53 Å². The first kappa shape index (κ1) is 13.4. The lowest BCUT2D eigenvalue weighted by Gasteiger charge is -2.14. The van der Waals surface area contributed by atoms with Crippen molar-refractivity contribution in [3.8, 4) is 0 Å². The van der Waals surface area contributed by atoms with E-state index < -0.39 is 0 Å². The van der Waals surface area contributed by atoms with Crippen molar-refractivity contribution in [2.45, 2.75) is 31.4 Å². The van der Waals surface area contributed by atoms with E-state index in [2.05, 4.69) is 5.32 Å². The van der Waals surface area contributed by atoms with Crippen molar-refractivity contribution in [1.29, 1.82) is 0 Å². The second-order valence-corrected chi connectivity index (χ2v) is 5.61. The third-order valence-electron chi connectivity index (χ3n) is 2.59. The molecule has 2 atom stereocenters. The molecule has 0 radical (unpaired) electrons. The van der Waals surface area contributed by atoms with Gasteiger partial charge >= 0.3 is 5.97 Å². The van der Waals surface area contributed by atoms with E-state index in [1.165, 1.54) is 12.1 Å². The number of esters is 1. The van der Waals surface area contributed by atoms with Crippen LogP contribution in [-0.4, -0.2) is 23.9 Å². The highest BCUT2D eigenvalue weighted by Gasteiger charge is 2.31. The first-order valence-corrected chi connectivity index (χ1v) is 6.95. The van der Waals surface area contributed by atoms with Crippen LogP contribution in [0.2, 0.25) is 0 Å². The number of hydrogen-bond donors (Lipinski definition) is 1. The maximum atomic E-state index is 12.8. The van der Waals surface area contributed by atoms with Gasteiger partial charge in [-0.1, -0.05) is 12.1 Å². The molecule has 2 rings (SSSR count). The maximum absolute atomic E-state index is 12.8. The minimum absolute atomic E-state index is 0.0234. The first-order chi connectivity index (χ1) is 8.56. The van der Waals surface area contributed by atoms with Gasteiger partial charge in [0, 0.05) is 5.75 Å². The third-order valence-corrected chi connectivity index (χ3v) is 3.86. The summed E-state index contributed by atoms with van der Waals surface area (Å²) in [5.41, 5.74) is 0.973. The van der Waals surface area contributed by atoms with Crippen LogP contribution in [0.5, 0.6) is 0 Å². The number of halogens is 1. The van der Waals surface area contributed by atoms with E-state index in [9.17, 15) is 9.18 Å². The minimum Gasteiger partial charge on any atom is -0.462 e. The number of nitrogens with one attached hydrogen (secondary N) is 1. The van der Waals surface area contributed by atoms with Crippen molar-refractivity contribution in [2.75, 3.05) is 5.75 Å². The average molecular weight is 269 g/mol. The van der Waals surface area contributed by atoms with Gasteiger partial charge in [-0.3, -0.25) is 10.1 Å². The van der Waals surface area contributed by atoms with E-state index in [1.807, 2.05) is 13.8 Å². The summed E-state index contributed by atoms with van der Waals surface area (Å²) in [6.45, 7) is 3.66. The molecule has 0 aromatic heterocycles. The largest absolute Gasteiger partial charge is 0.462 e. The number of ether oxygens (including phenoxy) is 1. The van der Waals surface area contributed by atoms with Gasteiger partial charge in [-0.05, 0) is 31.5 Å². The van der Waals surface area contributed by atoms with Crippen LogP contribution in [0.25, 0.3) is 0 Å². The van der Waals surface area contributed by atoms with Gasteiger partial charge in [0.25, 0.3) is 0 Å². The molecule has 1 heterocycles. The van der Waals surface area contributed by atoms with Gasteiger partial charge in [0.2, 0.25) is 0 Å². The van der Waals surface area contributed by atoms with Crippen LogP contribution in [0.1, 0.15) is 24.8 Å². The normalized spacial score (nSPS) is 23.3. The number of hydrogen-bond acceptors (Lipinski definition) is 4. The van der Waals surface area contributed by atoms with E-state index >= 15 is 0 Å². The van der Waals surface area contributed by atoms with Gasteiger partial charge in [-0.25, -0.2) is 4.39 Å². The van der Waals surface area contributed by atoms with E-state index in [4.69, 9.17) is 4.74 Å².